The van der Waals surface area contributed by atoms with E-state index in [2.05, 4.69) is 32.8 Å². The van der Waals surface area contributed by atoms with Crippen molar-refractivity contribution in [2.24, 2.45) is 10.8 Å². The van der Waals surface area contributed by atoms with Crippen LogP contribution in [0, 0.1) is 25.2 Å². The molecule has 2 N–H and O–H groups in total. The number of ether oxygens (including phenoxy) is 2. The number of hydrogen-bond donors (Lipinski definition) is 1. The molecular weight excluding hydrogens is 500 g/mol. The first kappa shape index (κ1) is 26.3. The summed E-state index contributed by atoms with van der Waals surface area (Å²) < 4.78 is 13.5. The average molecular weight is 535 g/mol. The molecule has 0 radical (unpaired) electrons. The number of piperidine rings is 1. The SMILES string of the molecule is C=N/C(=C(/C)N(N)C1CCN(C2COC2)CC1)c1cc(O[C@@H](C)c2nc(C)sc2C)c2c(C#N)cnn2c1. The molecule has 0 amide bonds. The van der Waals surface area contributed by atoms with Gasteiger partial charge in [-0.2, -0.15) is 10.4 Å². The molecule has 0 aromatic carbocycles. The molecule has 0 bridgehead atoms. The first-order valence-electron chi connectivity index (χ1n) is 12.9. The van der Waals surface area contributed by atoms with Crippen molar-refractivity contribution < 1.29 is 9.47 Å². The van der Waals surface area contributed by atoms with E-state index in [1.807, 2.05) is 45.0 Å². The molecule has 5 heterocycles. The van der Waals surface area contributed by atoms with Crippen molar-refractivity contribution in [1.82, 2.24) is 24.5 Å². The van der Waals surface area contributed by atoms with Gasteiger partial charge in [-0.25, -0.2) is 15.3 Å². The van der Waals surface area contributed by atoms with Crippen LogP contribution in [0.3, 0.4) is 0 Å². The molecule has 1 atom stereocenters. The van der Waals surface area contributed by atoms with Gasteiger partial charge in [0.2, 0.25) is 0 Å². The number of allylic oxidation sites excluding steroid dienone is 1. The zero-order chi connectivity index (χ0) is 27.0. The second-order valence-electron chi connectivity index (χ2n) is 9.95. The number of nitrogens with zero attached hydrogens (tertiary/aromatic N) is 7. The van der Waals surface area contributed by atoms with E-state index in [1.54, 1.807) is 22.0 Å². The Morgan fingerprint density at radius 3 is 2.68 bits per heavy atom. The first-order chi connectivity index (χ1) is 18.3. The van der Waals surface area contributed by atoms with Crippen molar-refractivity contribution in [1.29, 1.82) is 5.26 Å². The molecule has 2 fully saturated rings. The maximum absolute atomic E-state index is 9.71. The molecule has 38 heavy (non-hydrogen) atoms. The van der Waals surface area contributed by atoms with Crippen LogP contribution in [0.2, 0.25) is 0 Å². The zero-order valence-corrected chi connectivity index (χ0v) is 23.2. The van der Waals surface area contributed by atoms with Crippen LogP contribution in [0.15, 0.2) is 29.1 Å². The van der Waals surface area contributed by atoms with E-state index in [4.69, 9.17) is 15.3 Å². The third-order valence-electron chi connectivity index (χ3n) is 7.52. The molecule has 11 heteroatoms. The summed E-state index contributed by atoms with van der Waals surface area (Å²) in [6, 6.07) is 4.86. The lowest BCUT2D eigenvalue weighted by molar-refractivity contribution is -0.0751. The number of aliphatic imine (C=N–C) groups is 1. The smallest absolute Gasteiger partial charge is 0.148 e. The number of hydrogen-bond acceptors (Lipinski definition) is 10. The van der Waals surface area contributed by atoms with Gasteiger partial charge in [0.05, 0.1) is 47.5 Å². The molecule has 10 nitrogen and oxygen atoms in total. The number of nitrogens with two attached hydrogens (primary N) is 1. The molecule has 200 valence electrons. The van der Waals surface area contributed by atoms with Crippen LogP contribution in [0.25, 0.3) is 11.2 Å². The lowest BCUT2D eigenvalue weighted by Gasteiger charge is -2.43. The predicted octanol–water partition coefficient (Wildman–Crippen LogP) is 3.85. The molecule has 0 unspecified atom stereocenters. The van der Waals surface area contributed by atoms with E-state index in [-0.39, 0.29) is 12.1 Å². The van der Waals surface area contributed by atoms with Gasteiger partial charge in [-0.15, -0.1) is 11.3 Å². The van der Waals surface area contributed by atoms with Crippen molar-refractivity contribution in [2.75, 3.05) is 26.3 Å². The van der Waals surface area contributed by atoms with Gasteiger partial charge in [-0.1, -0.05) is 0 Å². The molecule has 0 aliphatic carbocycles. The van der Waals surface area contributed by atoms with E-state index >= 15 is 0 Å². The average Bonchev–Trinajstić information content (AvgIpc) is 3.45. The third-order valence-corrected chi connectivity index (χ3v) is 8.42. The van der Waals surface area contributed by atoms with Gasteiger partial charge in [0, 0.05) is 35.8 Å². The van der Waals surface area contributed by atoms with Crippen LogP contribution in [0.4, 0.5) is 0 Å². The molecular formula is C27H34N8O2S. The maximum Gasteiger partial charge on any atom is 0.148 e. The number of likely N-dealkylation sites (tertiary alicyclic amines) is 1. The summed E-state index contributed by atoms with van der Waals surface area (Å²) in [5.74, 6) is 7.20. The fraction of sp³-hybridized carbons (Fsp3) is 0.481. The molecule has 0 spiro atoms. The van der Waals surface area contributed by atoms with Crippen molar-refractivity contribution >= 4 is 29.3 Å². The number of aromatic nitrogens is 3. The Balaban J connectivity index is 1.46. The number of rotatable bonds is 8. The van der Waals surface area contributed by atoms with Gasteiger partial charge in [0.1, 0.15) is 29.0 Å². The molecule has 2 aliphatic heterocycles. The Morgan fingerprint density at radius 1 is 1.37 bits per heavy atom. The Hall–Kier alpha value is -3.30. The maximum atomic E-state index is 9.71. The highest BCUT2D eigenvalue weighted by Crippen LogP contribution is 2.34. The van der Waals surface area contributed by atoms with Gasteiger partial charge in [0.15, 0.2) is 0 Å². The van der Waals surface area contributed by atoms with Crippen LogP contribution in [0.1, 0.15) is 59.5 Å². The number of thiazole rings is 1. The monoisotopic (exact) mass is 534 g/mol. The second-order valence-corrected chi connectivity index (χ2v) is 11.4. The summed E-state index contributed by atoms with van der Waals surface area (Å²) in [4.78, 5) is 12.6. The van der Waals surface area contributed by atoms with Gasteiger partial charge < -0.3 is 14.5 Å². The van der Waals surface area contributed by atoms with Crippen molar-refractivity contribution in [3.8, 4) is 11.8 Å². The lowest BCUT2D eigenvalue weighted by atomic mass is 10.0. The largest absolute Gasteiger partial charge is 0.482 e. The summed E-state index contributed by atoms with van der Waals surface area (Å²) in [5.41, 5.74) is 4.15. The second kappa shape index (κ2) is 10.8. The van der Waals surface area contributed by atoms with Gasteiger partial charge in [-0.05, 0) is 53.3 Å². The van der Waals surface area contributed by atoms with Crippen molar-refractivity contribution in [2.45, 2.75) is 58.7 Å². The highest BCUT2D eigenvalue weighted by molar-refractivity contribution is 7.11. The predicted molar refractivity (Wildman–Crippen MR) is 148 cm³/mol. The lowest BCUT2D eigenvalue weighted by Crippen LogP contribution is -2.55. The molecule has 2 saturated heterocycles. The van der Waals surface area contributed by atoms with Crippen LogP contribution in [-0.4, -0.2) is 69.6 Å². The van der Waals surface area contributed by atoms with Crippen LogP contribution >= 0.6 is 11.3 Å². The zero-order valence-electron chi connectivity index (χ0n) is 22.3. The Bertz CT molecular complexity index is 1410. The summed E-state index contributed by atoms with van der Waals surface area (Å²) in [7, 11) is 0. The normalized spacial score (nSPS) is 18.5. The van der Waals surface area contributed by atoms with Gasteiger partial charge >= 0.3 is 0 Å². The number of pyridine rings is 1. The highest BCUT2D eigenvalue weighted by atomic mass is 32.1. The van der Waals surface area contributed by atoms with Crippen molar-refractivity contribution in [3.05, 3.63) is 50.9 Å². The van der Waals surface area contributed by atoms with E-state index in [1.165, 1.54) is 0 Å². The minimum absolute atomic E-state index is 0.203. The Labute approximate surface area is 227 Å². The Morgan fingerprint density at radius 2 is 2.11 bits per heavy atom. The minimum Gasteiger partial charge on any atom is -0.482 e. The van der Waals surface area contributed by atoms with E-state index in [0.29, 0.717) is 28.6 Å². The number of nitriles is 1. The standard InChI is InChI=1S/C27H34N8O2S/c1-16(35(29)22-6-8-33(9-7-22)23-14-36-15-23)25(30-5)20-10-24(27-21(11-28)12-31-34(27)13-20)37-17(2)26-18(3)38-19(4)32-26/h10,12-13,17,22-23H,5-9,14-15,29H2,1-4H3/b25-16-/t17-/m0/s1. The van der Waals surface area contributed by atoms with Crippen LogP contribution in [-0.2, 0) is 4.74 Å². The molecule has 3 aromatic rings. The summed E-state index contributed by atoms with van der Waals surface area (Å²) in [6.45, 7) is 15.5. The van der Waals surface area contributed by atoms with E-state index in [0.717, 1.165) is 66.0 Å². The summed E-state index contributed by atoms with van der Waals surface area (Å²) >= 11 is 1.64. The van der Waals surface area contributed by atoms with Crippen LogP contribution in [0.5, 0.6) is 5.75 Å². The fourth-order valence-electron chi connectivity index (χ4n) is 5.33. The van der Waals surface area contributed by atoms with Gasteiger partial charge in [-0.3, -0.25) is 9.89 Å². The number of fused-ring (bicyclic) bond motifs is 1. The van der Waals surface area contributed by atoms with Crippen LogP contribution < -0.4 is 10.6 Å². The minimum atomic E-state index is -0.317. The third kappa shape index (κ3) is 4.92. The summed E-state index contributed by atoms with van der Waals surface area (Å²) in [5, 5.41) is 16.9. The first-order valence-corrected chi connectivity index (χ1v) is 13.7. The molecule has 2 aliphatic rings. The van der Waals surface area contributed by atoms with E-state index < -0.39 is 0 Å². The topological polar surface area (TPSA) is 117 Å². The molecule has 0 saturated carbocycles. The number of hydrazine groups is 1. The summed E-state index contributed by atoms with van der Waals surface area (Å²) in [6.07, 6.45) is 5.01. The fourth-order valence-corrected chi connectivity index (χ4v) is 6.23. The van der Waals surface area contributed by atoms with Crippen molar-refractivity contribution in [3.63, 3.8) is 0 Å². The molecule has 5 rings (SSSR count). The van der Waals surface area contributed by atoms with E-state index in [9.17, 15) is 5.26 Å². The highest BCUT2D eigenvalue weighted by Gasteiger charge is 2.31. The quantitative estimate of drug-likeness (QED) is 0.263. The molecule has 3 aromatic heterocycles. The van der Waals surface area contributed by atoms with Gasteiger partial charge in [0.25, 0.3) is 0 Å². The number of aryl methyl sites for hydroxylation is 2. The Kier molecular flexibility index (Phi) is 7.49.